The van der Waals surface area contributed by atoms with Crippen LogP contribution in [0.1, 0.15) is 181 Å². The molecule has 0 spiro atoms. The molecule has 0 aromatic heterocycles. The molecule has 0 rings (SSSR count). The van der Waals surface area contributed by atoms with E-state index in [0.29, 0.717) is 4.48 Å². The highest BCUT2D eigenvalue weighted by Gasteiger charge is 2.24. The maximum Gasteiger partial charge on any atom is 0.182 e. The van der Waals surface area contributed by atoms with Gasteiger partial charge in [0, 0.05) is 6.38 Å². The molecule has 0 saturated carbocycles. The lowest BCUT2D eigenvalue weighted by molar-refractivity contribution is -0.961. The van der Waals surface area contributed by atoms with Crippen LogP contribution in [0.5, 0.6) is 0 Å². The van der Waals surface area contributed by atoms with Crippen molar-refractivity contribution in [2.24, 2.45) is 0 Å². The molecule has 0 heterocycles. The van der Waals surface area contributed by atoms with Gasteiger partial charge < -0.3 is 10.2 Å². The van der Waals surface area contributed by atoms with Crippen LogP contribution in [0.4, 0.5) is 0 Å². The Labute approximate surface area is 251 Å². The third-order valence-electron chi connectivity index (χ3n) is 8.23. The Bertz CT molecular complexity index is 454. The Hall–Kier alpha value is -0.0900. The summed E-state index contributed by atoms with van der Waals surface area (Å²) in [6.45, 7) is 6.58. The third-order valence-corrected chi connectivity index (χ3v) is 8.23. The van der Waals surface area contributed by atoms with E-state index in [2.05, 4.69) is 37.6 Å². The van der Waals surface area contributed by atoms with Gasteiger partial charge in [0.15, 0.2) is 13.5 Å². The molecule has 0 atom stereocenters. The average Bonchev–Trinajstić information content (AvgIpc) is 2.97. The van der Waals surface area contributed by atoms with Gasteiger partial charge >= 0.3 is 0 Å². The fourth-order valence-electron chi connectivity index (χ4n) is 5.42. The zero-order chi connectivity index (χ0) is 29.1. The van der Waals surface area contributed by atoms with Crippen molar-refractivity contribution in [3.05, 3.63) is 12.2 Å². The van der Waals surface area contributed by atoms with Crippen LogP contribution in [0.2, 0.25) is 0 Å². The predicted molar refractivity (Wildman–Crippen MR) is 176 cm³/mol. The van der Waals surface area contributed by atoms with Crippen molar-refractivity contribution < 1.29 is 14.7 Å². The second kappa shape index (κ2) is 35.9. The molecule has 0 amide bonds. The Morgan fingerprint density at radius 1 is 0.410 bits per heavy atom. The molecular weight excluding hydrogens is 502 g/mol. The van der Waals surface area contributed by atoms with Crippen molar-refractivity contribution in [3.63, 3.8) is 0 Å². The summed E-state index contributed by atoms with van der Waals surface area (Å²) < 4.78 is 0.487. The van der Waals surface area contributed by atoms with Crippen molar-refractivity contribution in [3.8, 4) is 0 Å². The highest BCUT2D eigenvalue weighted by molar-refractivity contribution is 6.15. The molecule has 0 saturated heterocycles. The van der Waals surface area contributed by atoms with E-state index >= 15 is 0 Å². The minimum absolute atomic E-state index is 0.0829. The normalized spacial score (nSPS) is 11.7. The standard InChI is InChI=1S/C34H70NO2.CH3Cl/c1-3-5-7-9-11-13-15-17-18-19-20-22-24-26-28-30-32-35(33-36,34-37)31-29-27-25-23-21-16-14-12-10-8-6-4-2;1-2/h17-18,36-37H,3-16,19-34H2,1-2H3;1H3/q+1;/b18-17+;. The van der Waals surface area contributed by atoms with E-state index in [1.54, 1.807) is 0 Å². The van der Waals surface area contributed by atoms with Crippen molar-refractivity contribution in [2.75, 3.05) is 32.9 Å². The Morgan fingerprint density at radius 3 is 0.949 bits per heavy atom. The largest absolute Gasteiger partial charge is 0.347 e. The van der Waals surface area contributed by atoms with Crippen LogP contribution < -0.4 is 0 Å². The number of hydrogen-bond donors (Lipinski definition) is 2. The van der Waals surface area contributed by atoms with Gasteiger partial charge in [0.2, 0.25) is 0 Å². The van der Waals surface area contributed by atoms with E-state index in [0.717, 1.165) is 25.9 Å². The average molecular weight is 575 g/mol. The van der Waals surface area contributed by atoms with Crippen molar-refractivity contribution >= 4 is 11.6 Å². The summed E-state index contributed by atoms with van der Waals surface area (Å²) in [6.07, 6.45) is 40.9. The van der Waals surface area contributed by atoms with Gasteiger partial charge in [-0.3, -0.25) is 4.48 Å². The Morgan fingerprint density at radius 2 is 0.667 bits per heavy atom. The molecule has 4 heteroatoms. The number of halogens is 1. The zero-order valence-electron chi connectivity index (χ0n) is 27.1. The number of unbranched alkanes of at least 4 members (excludes halogenated alkanes) is 23. The lowest BCUT2D eigenvalue weighted by Gasteiger charge is -2.34. The number of aliphatic hydroxyl groups is 2. The summed E-state index contributed by atoms with van der Waals surface area (Å²) in [5.74, 6) is 0. The van der Waals surface area contributed by atoms with Crippen LogP contribution in [-0.4, -0.2) is 47.6 Å². The van der Waals surface area contributed by atoms with E-state index in [1.165, 1.54) is 160 Å². The quantitative estimate of drug-likeness (QED) is 0.0284. The smallest absolute Gasteiger partial charge is 0.182 e. The van der Waals surface area contributed by atoms with Crippen molar-refractivity contribution in [1.82, 2.24) is 0 Å². The monoisotopic (exact) mass is 575 g/mol. The van der Waals surface area contributed by atoms with Gasteiger partial charge in [-0.2, -0.15) is 0 Å². The van der Waals surface area contributed by atoms with Gasteiger partial charge in [-0.1, -0.05) is 142 Å². The summed E-state index contributed by atoms with van der Waals surface area (Å²) in [4.78, 5) is 0. The van der Waals surface area contributed by atoms with Crippen molar-refractivity contribution in [2.45, 2.75) is 181 Å². The lowest BCUT2D eigenvalue weighted by atomic mass is 10.0. The summed E-state index contributed by atoms with van der Waals surface area (Å²) in [7, 11) is 0. The van der Waals surface area contributed by atoms with Gasteiger partial charge in [0.1, 0.15) is 0 Å². The zero-order valence-corrected chi connectivity index (χ0v) is 27.8. The predicted octanol–water partition coefficient (Wildman–Crippen LogP) is 11.3. The molecule has 0 radical (unpaired) electrons. The summed E-state index contributed by atoms with van der Waals surface area (Å²) in [5.41, 5.74) is 0. The van der Waals surface area contributed by atoms with Crippen LogP contribution in [0.3, 0.4) is 0 Å². The number of rotatable bonds is 31. The summed E-state index contributed by atoms with van der Waals surface area (Å²) in [5, 5.41) is 20.0. The molecule has 39 heavy (non-hydrogen) atoms. The number of nitrogens with zero attached hydrogens (tertiary/aromatic N) is 1. The number of aliphatic hydroxyl groups excluding tert-OH is 2. The topological polar surface area (TPSA) is 40.5 Å². The Kier molecular flexibility index (Phi) is 37.8. The molecule has 0 aliphatic carbocycles. The fraction of sp³-hybridized carbons (Fsp3) is 0.943. The lowest BCUT2D eigenvalue weighted by Crippen LogP contribution is -2.50. The summed E-state index contributed by atoms with van der Waals surface area (Å²) >= 11 is 4.64. The minimum Gasteiger partial charge on any atom is -0.347 e. The highest BCUT2D eigenvalue weighted by Crippen LogP contribution is 2.16. The fourth-order valence-corrected chi connectivity index (χ4v) is 5.42. The van der Waals surface area contributed by atoms with Gasteiger partial charge in [-0.25, -0.2) is 0 Å². The van der Waals surface area contributed by atoms with Crippen LogP contribution >= 0.6 is 11.6 Å². The van der Waals surface area contributed by atoms with E-state index < -0.39 is 0 Å². The minimum atomic E-state index is 0.0829. The number of quaternary nitrogens is 1. The van der Waals surface area contributed by atoms with Crippen LogP contribution in [0.25, 0.3) is 0 Å². The second-order valence-corrected chi connectivity index (χ2v) is 11.9. The maximum atomic E-state index is 9.99. The number of alkyl halides is 1. The molecule has 0 aliphatic rings. The van der Waals surface area contributed by atoms with Gasteiger partial charge in [-0.15, -0.1) is 11.6 Å². The molecule has 0 aliphatic heterocycles. The molecule has 236 valence electrons. The molecule has 0 bridgehead atoms. The van der Waals surface area contributed by atoms with Gasteiger partial charge in [-0.05, 0) is 51.4 Å². The first-order valence-corrected chi connectivity index (χ1v) is 18.1. The second-order valence-electron chi connectivity index (χ2n) is 11.9. The maximum absolute atomic E-state index is 9.99. The molecule has 0 fully saturated rings. The first-order valence-electron chi connectivity index (χ1n) is 17.3. The van der Waals surface area contributed by atoms with Gasteiger partial charge in [0.25, 0.3) is 0 Å². The third kappa shape index (κ3) is 30.7. The number of allylic oxidation sites excluding steroid dienone is 2. The van der Waals surface area contributed by atoms with Crippen LogP contribution in [0.15, 0.2) is 12.2 Å². The van der Waals surface area contributed by atoms with E-state index in [-0.39, 0.29) is 13.5 Å². The molecule has 3 nitrogen and oxygen atoms in total. The first kappa shape index (κ1) is 41.0. The number of hydrogen-bond acceptors (Lipinski definition) is 2. The molecule has 2 N–H and O–H groups in total. The Balaban J connectivity index is 0. The van der Waals surface area contributed by atoms with E-state index in [1.807, 2.05) is 0 Å². The van der Waals surface area contributed by atoms with E-state index in [9.17, 15) is 10.2 Å². The summed E-state index contributed by atoms with van der Waals surface area (Å²) in [6, 6.07) is 0. The SMILES string of the molecule is CCCCCCCC/C=C/CCCCCCCC[N+](CO)(CO)CCCCCCCCCCCCCC.CCl. The highest BCUT2D eigenvalue weighted by atomic mass is 35.5. The molecule has 0 aromatic rings. The van der Waals surface area contributed by atoms with Crippen LogP contribution in [0, 0.1) is 0 Å². The molecular formula is C35H73ClNO2+. The van der Waals surface area contributed by atoms with Gasteiger partial charge in [0.05, 0.1) is 13.1 Å². The van der Waals surface area contributed by atoms with Crippen LogP contribution in [-0.2, 0) is 0 Å². The van der Waals surface area contributed by atoms with E-state index in [4.69, 9.17) is 0 Å². The van der Waals surface area contributed by atoms with Crippen molar-refractivity contribution in [1.29, 1.82) is 0 Å². The molecule has 0 unspecified atom stereocenters. The first-order chi connectivity index (χ1) is 19.2. The molecule has 0 aromatic carbocycles.